The molecule has 0 fully saturated rings. The minimum absolute atomic E-state index is 0.223. The van der Waals surface area contributed by atoms with Crippen LogP contribution in [0, 0.1) is 6.92 Å². The molecule has 5 aromatic rings. The Morgan fingerprint density at radius 3 is 2.50 bits per heavy atom. The Morgan fingerprint density at radius 1 is 1.06 bits per heavy atom. The molecule has 9 heteroatoms. The number of para-hydroxylation sites is 1. The van der Waals surface area contributed by atoms with Gasteiger partial charge in [0, 0.05) is 35.6 Å². The lowest BCUT2D eigenvalue weighted by Gasteiger charge is -2.06. The summed E-state index contributed by atoms with van der Waals surface area (Å²) in [7, 11) is 0. The van der Waals surface area contributed by atoms with Gasteiger partial charge in [-0.25, -0.2) is 4.68 Å². The van der Waals surface area contributed by atoms with E-state index in [9.17, 15) is 4.79 Å². The number of rotatable bonds is 7. The SMILES string of the molecule is Cc1onc(C(=O)NCc2cn(-c3ccccc3)nc2-c2ccccc2)c1Cn1cc(Cl)cn1. The molecule has 0 radical (unpaired) electrons. The largest absolute Gasteiger partial charge is 0.361 e. The molecule has 0 saturated heterocycles. The van der Waals surface area contributed by atoms with Crippen molar-refractivity contribution in [1.29, 1.82) is 0 Å². The van der Waals surface area contributed by atoms with E-state index in [0.717, 1.165) is 22.5 Å². The van der Waals surface area contributed by atoms with Gasteiger partial charge in [0.1, 0.15) is 5.76 Å². The average Bonchev–Trinajstić information content (AvgIpc) is 3.58. The van der Waals surface area contributed by atoms with Gasteiger partial charge in [-0.3, -0.25) is 9.48 Å². The third kappa shape index (κ3) is 4.49. The third-order valence-corrected chi connectivity index (χ3v) is 5.61. The second kappa shape index (κ2) is 9.36. The van der Waals surface area contributed by atoms with Gasteiger partial charge in [-0.15, -0.1) is 0 Å². The van der Waals surface area contributed by atoms with Gasteiger partial charge in [0.05, 0.1) is 29.1 Å². The van der Waals surface area contributed by atoms with E-state index in [-0.39, 0.29) is 18.1 Å². The van der Waals surface area contributed by atoms with Crippen molar-refractivity contribution >= 4 is 17.5 Å². The summed E-state index contributed by atoms with van der Waals surface area (Å²) in [5.41, 5.74) is 4.46. The van der Waals surface area contributed by atoms with E-state index in [0.29, 0.717) is 22.9 Å². The molecule has 3 heterocycles. The van der Waals surface area contributed by atoms with Crippen molar-refractivity contribution in [3.05, 3.63) is 107 Å². The molecule has 34 heavy (non-hydrogen) atoms. The molecule has 3 aromatic heterocycles. The van der Waals surface area contributed by atoms with E-state index < -0.39 is 0 Å². The fourth-order valence-electron chi connectivity index (χ4n) is 3.69. The van der Waals surface area contributed by atoms with Crippen molar-refractivity contribution < 1.29 is 9.32 Å². The molecule has 0 aliphatic rings. The van der Waals surface area contributed by atoms with Crippen LogP contribution >= 0.6 is 11.6 Å². The maximum absolute atomic E-state index is 13.1. The predicted octanol–water partition coefficient (Wildman–Crippen LogP) is 4.66. The van der Waals surface area contributed by atoms with Gasteiger partial charge in [0.2, 0.25) is 0 Å². The van der Waals surface area contributed by atoms with Gasteiger partial charge in [-0.05, 0) is 19.1 Å². The minimum atomic E-state index is -0.337. The molecule has 0 spiro atoms. The van der Waals surface area contributed by atoms with Crippen molar-refractivity contribution in [1.82, 2.24) is 30.0 Å². The van der Waals surface area contributed by atoms with Crippen molar-refractivity contribution in [2.45, 2.75) is 20.0 Å². The highest BCUT2D eigenvalue weighted by Crippen LogP contribution is 2.24. The second-order valence-corrected chi connectivity index (χ2v) is 8.19. The first kappa shape index (κ1) is 21.7. The molecule has 1 amide bonds. The lowest BCUT2D eigenvalue weighted by atomic mass is 10.1. The highest BCUT2D eigenvalue weighted by molar-refractivity contribution is 6.30. The van der Waals surface area contributed by atoms with E-state index in [1.807, 2.05) is 71.5 Å². The van der Waals surface area contributed by atoms with Crippen LogP contribution in [0.15, 0.2) is 83.8 Å². The summed E-state index contributed by atoms with van der Waals surface area (Å²) in [5.74, 6) is 0.218. The maximum Gasteiger partial charge on any atom is 0.274 e. The Balaban J connectivity index is 1.40. The molecule has 0 aliphatic carbocycles. The zero-order chi connectivity index (χ0) is 23.5. The molecule has 2 aromatic carbocycles. The van der Waals surface area contributed by atoms with Gasteiger partial charge < -0.3 is 9.84 Å². The Labute approximate surface area is 200 Å². The third-order valence-electron chi connectivity index (χ3n) is 5.42. The first-order valence-corrected chi connectivity index (χ1v) is 11.1. The zero-order valence-electron chi connectivity index (χ0n) is 18.4. The Morgan fingerprint density at radius 2 is 1.79 bits per heavy atom. The van der Waals surface area contributed by atoms with Crippen molar-refractivity contribution in [2.75, 3.05) is 0 Å². The first-order chi connectivity index (χ1) is 16.6. The lowest BCUT2D eigenvalue weighted by Crippen LogP contribution is -2.25. The molecule has 170 valence electrons. The number of carbonyl (C=O) groups excluding carboxylic acids is 1. The second-order valence-electron chi connectivity index (χ2n) is 7.75. The van der Waals surface area contributed by atoms with Crippen LogP contribution in [0.25, 0.3) is 16.9 Å². The Kier molecular flexibility index (Phi) is 5.97. The summed E-state index contributed by atoms with van der Waals surface area (Å²) < 4.78 is 8.75. The number of amides is 1. The molecular formula is C25H21ClN6O2. The smallest absolute Gasteiger partial charge is 0.274 e. The molecule has 1 N–H and O–H groups in total. The van der Waals surface area contributed by atoms with Crippen molar-refractivity contribution in [3.8, 4) is 16.9 Å². The van der Waals surface area contributed by atoms with Gasteiger partial charge in [0.15, 0.2) is 5.69 Å². The van der Waals surface area contributed by atoms with Crippen LogP contribution < -0.4 is 5.32 Å². The number of hydrogen-bond donors (Lipinski definition) is 1. The van der Waals surface area contributed by atoms with Gasteiger partial charge in [-0.2, -0.15) is 10.2 Å². The molecule has 0 unspecified atom stereocenters. The Bertz CT molecular complexity index is 1420. The number of aryl methyl sites for hydroxylation is 1. The summed E-state index contributed by atoms with van der Waals surface area (Å²) >= 11 is 5.96. The van der Waals surface area contributed by atoms with E-state index >= 15 is 0 Å². The monoisotopic (exact) mass is 472 g/mol. The number of aromatic nitrogens is 5. The van der Waals surface area contributed by atoms with E-state index in [4.69, 9.17) is 21.2 Å². The standard InChI is InChI=1S/C25H21ClN6O2/c1-17-22(16-31-15-20(26)13-28-31)24(30-34-17)25(33)27-12-19-14-32(21-10-6-3-7-11-21)29-23(19)18-8-4-2-5-9-18/h2-11,13-15H,12,16H2,1H3,(H,27,33). The number of carbonyl (C=O) groups is 1. The maximum atomic E-state index is 13.1. The molecule has 0 saturated carbocycles. The molecule has 0 bridgehead atoms. The number of halogens is 1. The van der Waals surface area contributed by atoms with E-state index in [2.05, 4.69) is 15.6 Å². The van der Waals surface area contributed by atoms with E-state index in [1.165, 1.54) is 0 Å². The van der Waals surface area contributed by atoms with Crippen LogP contribution in [0.2, 0.25) is 5.02 Å². The van der Waals surface area contributed by atoms with Gasteiger partial charge in [-0.1, -0.05) is 65.3 Å². The van der Waals surface area contributed by atoms with Crippen LogP contribution in [0.5, 0.6) is 0 Å². The van der Waals surface area contributed by atoms with Crippen LogP contribution in [0.3, 0.4) is 0 Å². The molecular weight excluding hydrogens is 452 g/mol. The van der Waals surface area contributed by atoms with Crippen molar-refractivity contribution in [2.24, 2.45) is 0 Å². The van der Waals surface area contributed by atoms with Crippen LogP contribution in [0.4, 0.5) is 0 Å². The molecule has 0 atom stereocenters. The van der Waals surface area contributed by atoms with E-state index in [1.54, 1.807) is 24.0 Å². The molecule has 0 aliphatic heterocycles. The van der Waals surface area contributed by atoms with Crippen LogP contribution in [0.1, 0.15) is 27.4 Å². The number of nitrogens with zero attached hydrogens (tertiary/aromatic N) is 5. The predicted molar refractivity (Wildman–Crippen MR) is 128 cm³/mol. The number of hydrogen-bond acceptors (Lipinski definition) is 5. The highest BCUT2D eigenvalue weighted by atomic mass is 35.5. The van der Waals surface area contributed by atoms with Gasteiger partial charge in [0.25, 0.3) is 5.91 Å². The molecule has 5 rings (SSSR count). The van der Waals surface area contributed by atoms with Crippen molar-refractivity contribution in [3.63, 3.8) is 0 Å². The average molecular weight is 473 g/mol. The summed E-state index contributed by atoms with van der Waals surface area (Å²) in [4.78, 5) is 13.1. The zero-order valence-corrected chi connectivity index (χ0v) is 19.1. The summed E-state index contributed by atoms with van der Waals surface area (Å²) in [5, 5.41) is 16.4. The summed E-state index contributed by atoms with van der Waals surface area (Å²) in [6, 6.07) is 19.7. The number of benzene rings is 2. The lowest BCUT2D eigenvalue weighted by molar-refractivity contribution is 0.0941. The fraction of sp³-hybridized carbons (Fsp3) is 0.120. The quantitative estimate of drug-likeness (QED) is 0.372. The summed E-state index contributed by atoms with van der Waals surface area (Å²) in [6.07, 6.45) is 5.15. The molecule has 8 nitrogen and oxygen atoms in total. The normalized spacial score (nSPS) is 11.0. The van der Waals surface area contributed by atoms with Crippen LogP contribution in [-0.4, -0.2) is 30.6 Å². The summed E-state index contributed by atoms with van der Waals surface area (Å²) in [6.45, 7) is 2.36. The number of nitrogens with one attached hydrogen (secondary N) is 1. The minimum Gasteiger partial charge on any atom is -0.361 e. The van der Waals surface area contributed by atoms with Crippen LogP contribution in [-0.2, 0) is 13.1 Å². The fourth-order valence-corrected chi connectivity index (χ4v) is 3.85. The topological polar surface area (TPSA) is 90.8 Å². The Hall–Kier alpha value is -4.17. The first-order valence-electron chi connectivity index (χ1n) is 10.7. The van der Waals surface area contributed by atoms with Gasteiger partial charge >= 0.3 is 0 Å². The highest BCUT2D eigenvalue weighted by Gasteiger charge is 2.21.